The molecule has 210 valence electrons. The van der Waals surface area contributed by atoms with E-state index in [2.05, 4.69) is 4.99 Å². The van der Waals surface area contributed by atoms with Gasteiger partial charge in [-0.15, -0.1) is 0 Å². The smallest absolute Gasteiger partial charge is 0.341 e. The molecule has 0 bridgehead atoms. The third kappa shape index (κ3) is 5.59. The molecule has 0 radical (unpaired) electrons. The van der Waals surface area contributed by atoms with Crippen molar-refractivity contribution in [2.24, 2.45) is 4.99 Å². The van der Waals surface area contributed by atoms with Crippen molar-refractivity contribution in [1.82, 2.24) is 14.0 Å². The number of aryl methyl sites for hydroxylation is 2. The average molecular weight is 549 g/mol. The van der Waals surface area contributed by atoms with Crippen molar-refractivity contribution in [1.29, 1.82) is 0 Å². The van der Waals surface area contributed by atoms with Crippen LogP contribution in [-0.2, 0) is 16.0 Å². The van der Waals surface area contributed by atoms with E-state index < -0.39 is 11.9 Å². The number of amides is 1. The molecule has 0 unspecified atom stereocenters. The zero-order valence-corrected chi connectivity index (χ0v) is 23.2. The van der Waals surface area contributed by atoms with E-state index in [0.717, 1.165) is 5.56 Å². The highest BCUT2D eigenvalue weighted by molar-refractivity contribution is 5.97. The number of aromatic nitrogens is 3. The van der Waals surface area contributed by atoms with Crippen LogP contribution in [0, 0.1) is 6.92 Å². The van der Waals surface area contributed by atoms with Gasteiger partial charge in [-0.05, 0) is 63.1 Å². The van der Waals surface area contributed by atoms with Crippen LogP contribution in [0.4, 0.5) is 0 Å². The summed E-state index contributed by atoms with van der Waals surface area (Å²) in [6, 6.07) is 9.67. The molecule has 0 aliphatic rings. The summed E-state index contributed by atoms with van der Waals surface area (Å²) in [5.41, 5.74) is 1.42. The lowest BCUT2D eigenvalue weighted by Gasteiger charge is -2.16. The van der Waals surface area contributed by atoms with E-state index in [1.54, 1.807) is 35.9 Å². The predicted molar refractivity (Wildman–Crippen MR) is 148 cm³/mol. The third-order valence-electron chi connectivity index (χ3n) is 6.31. The van der Waals surface area contributed by atoms with Gasteiger partial charge in [0.25, 0.3) is 11.5 Å². The van der Waals surface area contributed by atoms with Gasteiger partial charge in [-0.2, -0.15) is 4.99 Å². The molecule has 4 aromatic rings. The molecule has 11 nitrogen and oxygen atoms in total. The highest BCUT2D eigenvalue weighted by Gasteiger charge is 2.21. The molecule has 0 atom stereocenters. The number of hydrogen-bond acceptors (Lipinski definition) is 8. The quantitative estimate of drug-likeness (QED) is 0.168. The van der Waals surface area contributed by atoms with E-state index in [1.807, 2.05) is 19.9 Å². The Morgan fingerprint density at radius 2 is 1.77 bits per heavy atom. The molecular formula is C29H32N4O7. The number of rotatable bonds is 10. The van der Waals surface area contributed by atoms with Gasteiger partial charge >= 0.3 is 5.97 Å². The molecule has 0 saturated heterocycles. The molecule has 0 aliphatic carbocycles. The standard InChI is InChI=1S/C29H32N4O7/c1-6-39-15-9-14-32-25-20(28(35)33-13-8-10-18(3)24(33)30-25)17-21(29(36)40-7-2)26(32)31-27(34)19-11-12-22(37-4)23(16-19)38-5/h8,10-13,16-17H,6-7,9,14-15H2,1-5H3. The summed E-state index contributed by atoms with van der Waals surface area (Å²) >= 11 is 0. The summed E-state index contributed by atoms with van der Waals surface area (Å²) in [7, 11) is 2.96. The van der Waals surface area contributed by atoms with Gasteiger partial charge in [-0.3, -0.25) is 14.0 Å². The number of benzene rings is 1. The van der Waals surface area contributed by atoms with Gasteiger partial charge < -0.3 is 23.5 Å². The third-order valence-corrected chi connectivity index (χ3v) is 6.31. The second-order valence-corrected chi connectivity index (χ2v) is 8.83. The maximum absolute atomic E-state index is 13.6. The van der Waals surface area contributed by atoms with Crippen LogP contribution in [0.2, 0.25) is 0 Å². The molecule has 11 heteroatoms. The van der Waals surface area contributed by atoms with Crippen LogP contribution in [0.15, 0.2) is 52.4 Å². The molecule has 0 spiro atoms. The molecule has 1 amide bonds. The zero-order valence-electron chi connectivity index (χ0n) is 23.2. The first kappa shape index (κ1) is 28.5. The Hall–Kier alpha value is -4.51. The average Bonchev–Trinajstić information content (AvgIpc) is 2.96. The lowest BCUT2D eigenvalue weighted by atomic mass is 10.1. The van der Waals surface area contributed by atoms with Crippen LogP contribution >= 0.6 is 0 Å². The molecule has 3 heterocycles. The zero-order chi connectivity index (χ0) is 28.8. The number of hydrogen-bond donors (Lipinski definition) is 0. The number of nitrogens with zero attached hydrogens (tertiary/aromatic N) is 4. The Balaban J connectivity index is 2.06. The molecule has 3 aromatic heterocycles. The number of methoxy groups -OCH3 is 2. The maximum atomic E-state index is 13.6. The van der Waals surface area contributed by atoms with Crippen LogP contribution in [0.3, 0.4) is 0 Å². The minimum Gasteiger partial charge on any atom is -0.493 e. The Labute approximate surface area is 230 Å². The minimum absolute atomic E-state index is 0.0221. The highest BCUT2D eigenvalue weighted by Crippen LogP contribution is 2.27. The lowest BCUT2D eigenvalue weighted by Crippen LogP contribution is -2.33. The fraction of sp³-hybridized carbons (Fsp3) is 0.345. The summed E-state index contributed by atoms with van der Waals surface area (Å²) in [4.78, 5) is 49.4. The van der Waals surface area contributed by atoms with Crippen molar-refractivity contribution < 1.29 is 28.5 Å². The number of pyridine rings is 2. The highest BCUT2D eigenvalue weighted by atomic mass is 16.5. The Morgan fingerprint density at radius 1 is 1.00 bits per heavy atom. The summed E-state index contributed by atoms with van der Waals surface area (Å²) in [5.74, 6) is -0.530. The maximum Gasteiger partial charge on any atom is 0.341 e. The fourth-order valence-electron chi connectivity index (χ4n) is 4.38. The summed E-state index contributed by atoms with van der Waals surface area (Å²) in [5, 5.41) is 0.195. The van der Waals surface area contributed by atoms with Crippen LogP contribution < -0.4 is 20.5 Å². The normalized spacial score (nSPS) is 11.7. The van der Waals surface area contributed by atoms with E-state index in [4.69, 9.17) is 23.9 Å². The van der Waals surface area contributed by atoms with Gasteiger partial charge in [0.1, 0.15) is 16.9 Å². The molecule has 0 N–H and O–H groups in total. The summed E-state index contributed by atoms with van der Waals surface area (Å²) in [6.07, 6.45) is 2.14. The van der Waals surface area contributed by atoms with Crippen LogP contribution in [-0.4, -0.2) is 59.9 Å². The molecular weight excluding hydrogens is 516 g/mol. The van der Waals surface area contributed by atoms with Gasteiger partial charge in [-0.1, -0.05) is 6.07 Å². The number of carbonyl (C=O) groups excluding carboxylic acids is 2. The molecule has 40 heavy (non-hydrogen) atoms. The van der Waals surface area contributed by atoms with E-state index in [-0.39, 0.29) is 40.7 Å². The largest absolute Gasteiger partial charge is 0.493 e. The van der Waals surface area contributed by atoms with Gasteiger partial charge in [0, 0.05) is 31.5 Å². The SMILES string of the molecule is CCOCCCn1c(=NC(=O)c2ccc(OC)c(OC)c2)c(C(=O)OCC)cc2c(=O)n3cccc(C)c3nc21. The lowest BCUT2D eigenvalue weighted by molar-refractivity contribution is 0.0523. The number of esters is 1. The Bertz CT molecular complexity index is 1710. The topological polar surface area (TPSA) is 123 Å². The van der Waals surface area contributed by atoms with E-state index in [9.17, 15) is 14.4 Å². The number of ether oxygens (including phenoxy) is 4. The summed E-state index contributed by atoms with van der Waals surface area (Å²) in [6.45, 7) is 6.74. The van der Waals surface area contributed by atoms with Crippen LogP contribution in [0.1, 0.15) is 46.5 Å². The molecule has 0 saturated carbocycles. The van der Waals surface area contributed by atoms with Crippen LogP contribution in [0.25, 0.3) is 16.7 Å². The summed E-state index contributed by atoms with van der Waals surface area (Å²) < 4.78 is 24.5. The second-order valence-electron chi connectivity index (χ2n) is 8.83. The van der Waals surface area contributed by atoms with Crippen molar-refractivity contribution in [3.8, 4) is 11.5 Å². The minimum atomic E-state index is -0.712. The van der Waals surface area contributed by atoms with Gasteiger partial charge in [0.15, 0.2) is 17.0 Å². The van der Waals surface area contributed by atoms with Gasteiger partial charge in [-0.25, -0.2) is 9.78 Å². The molecule has 0 fully saturated rings. The predicted octanol–water partition coefficient (Wildman–Crippen LogP) is 3.32. The molecule has 0 aliphatic heterocycles. The van der Waals surface area contributed by atoms with Gasteiger partial charge in [0.2, 0.25) is 0 Å². The van der Waals surface area contributed by atoms with Gasteiger partial charge in [0.05, 0.1) is 26.2 Å². The Kier molecular flexibility index (Phi) is 8.95. The number of carbonyl (C=O) groups is 2. The first-order chi connectivity index (χ1) is 19.3. The van der Waals surface area contributed by atoms with Crippen molar-refractivity contribution in [3.05, 3.63) is 75.1 Å². The first-order valence-electron chi connectivity index (χ1n) is 13.0. The van der Waals surface area contributed by atoms with Crippen molar-refractivity contribution in [2.45, 2.75) is 33.7 Å². The van der Waals surface area contributed by atoms with E-state index in [1.165, 1.54) is 30.8 Å². The number of fused-ring (bicyclic) bond motifs is 2. The van der Waals surface area contributed by atoms with E-state index >= 15 is 0 Å². The van der Waals surface area contributed by atoms with E-state index in [0.29, 0.717) is 42.4 Å². The van der Waals surface area contributed by atoms with Crippen molar-refractivity contribution in [2.75, 3.05) is 34.0 Å². The van der Waals surface area contributed by atoms with Crippen molar-refractivity contribution >= 4 is 28.6 Å². The fourth-order valence-corrected chi connectivity index (χ4v) is 4.38. The van der Waals surface area contributed by atoms with Crippen molar-refractivity contribution in [3.63, 3.8) is 0 Å². The monoisotopic (exact) mass is 548 g/mol. The second kappa shape index (κ2) is 12.6. The van der Waals surface area contributed by atoms with Crippen LogP contribution in [0.5, 0.6) is 11.5 Å². The molecule has 1 aromatic carbocycles. The Morgan fingerprint density at radius 3 is 2.48 bits per heavy atom. The molecule has 4 rings (SSSR count). The first-order valence-corrected chi connectivity index (χ1v) is 13.0.